The van der Waals surface area contributed by atoms with Crippen LogP contribution >= 0.6 is 27.5 Å². The number of rotatable bonds is 4. The van der Waals surface area contributed by atoms with Gasteiger partial charge in [0.2, 0.25) is 0 Å². The lowest BCUT2D eigenvalue weighted by molar-refractivity contribution is -0.107. The fourth-order valence-electron chi connectivity index (χ4n) is 1.02. The maximum atomic E-state index is 10.1. The van der Waals surface area contributed by atoms with Crippen LogP contribution in [0, 0.1) is 0 Å². The van der Waals surface area contributed by atoms with Crippen LogP contribution in [0.1, 0.15) is 18.4 Å². The summed E-state index contributed by atoms with van der Waals surface area (Å²) in [5.41, 5.74) is 0.984. The van der Waals surface area contributed by atoms with Crippen molar-refractivity contribution in [2.75, 3.05) is 0 Å². The maximum Gasteiger partial charge on any atom is 0.132 e. The van der Waals surface area contributed by atoms with Crippen LogP contribution in [0.2, 0.25) is 5.15 Å². The molecule has 0 saturated heterocycles. The fourth-order valence-corrected chi connectivity index (χ4v) is 1.59. The van der Waals surface area contributed by atoms with Crippen LogP contribution in [-0.2, 0) is 11.2 Å². The molecule has 1 aromatic rings. The average Bonchev–Trinajstić information content (AvgIpc) is 2.11. The number of pyridine rings is 1. The van der Waals surface area contributed by atoms with Crippen molar-refractivity contribution in [1.82, 2.24) is 4.98 Å². The Bertz CT molecular complexity index is 304. The van der Waals surface area contributed by atoms with E-state index >= 15 is 0 Å². The third-order valence-corrected chi connectivity index (χ3v) is 2.42. The molecule has 0 aromatic carbocycles. The normalized spacial score (nSPS) is 10.0. The van der Waals surface area contributed by atoms with Crippen molar-refractivity contribution in [1.29, 1.82) is 0 Å². The highest BCUT2D eigenvalue weighted by Gasteiger charge is 2.01. The third-order valence-electron chi connectivity index (χ3n) is 1.65. The van der Waals surface area contributed by atoms with Gasteiger partial charge < -0.3 is 4.79 Å². The van der Waals surface area contributed by atoms with Crippen LogP contribution < -0.4 is 0 Å². The smallest absolute Gasteiger partial charge is 0.132 e. The molecule has 0 radical (unpaired) electrons. The number of halogens is 2. The van der Waals surface area contributed by atoms with Gasteiger partial charge in [0.05, 0.1) is 0 Å². The summed E-state index contributed by atoms with van der Waals surface area (Å²) in [7, 11) is 0. The standard InChI is InChI=1S/C9H9BrClNO/c10-8-5-7(3-1-2-4-13)9(11)12-6-8/h4-6H,1-3H2. The van der Waals surface area contributed by atoms with E-state index < -0.39 is 0 Å². The summed E-state index contributed by atoms with van der Waals surface area (Å²) < 4.78 is 0.915. The number of unbranched alkanes of at least 4 members (excludes halogenated alkanes) is 1. The number of hydrogen-bond acceptors (Lipinski definition) is 2. The van der Waals surface area contributed by atoms with Crippen molar-refractivity contribution in [3.8, 4) is 0 Å². The fraction of sp³-hybridized carbons (Fsp3) is 0.333. The molecule has 0 atom stereocenters. The molecule has 1 heterocycles. The van der Waals surface area contributed by atoms with Gasteiger partial charge in [-0.15, -0.1) is 0 Å². The molecule has 0 bridgehead atoms. The van der Waals surface area contributed by atoms with E-state index in [0.717, 1.165) is 29.2 Å². The Labute approximate surface area is 90.4 Å². The molecule has 70 valence electrons. The number of carbonyl (C=O) groups is 1. The summed E-state index contributed by atoms with van der Waals surface area (Å²) in [6.45, 7) is 0. The summed E-state index contributed by atoms with van der Waals surface area (Å²) in [6, 6.07) is 1.93. The van der Waals surface area contributed by atoms with Crippen LogP contribution in [0.3, 0.4) is 0 Å². The molecule has 0 aliphatic carbocycles. The third kappa shape index (κ3) is 3.44. The Morgan fingerprint density at radius 1 is 1.62 bits per heavy atom. The largest absolute Gasteiger partial charge is 0.303 e. The number of aldehydes is 1. The maximum absolute atomic E-state index is 10.1. The quantitative estimate of drug-likeness (QED) is 0.474. The first-order valence-corrected chi connectivity index (χ1v) is 5.14. The first-order valence-electron chi connectivity index (χ1n) is 3.97. The van der Waals surface area contributed by atoms with Gasteiger partial charge in [-0.25, -0.2) is 4.98 Å². The van der Waals surface area contributed by atoms with Gasteiger partial charge in [0.25, 0.3) is 0 Å². The molecule has 0 aliphatic heterocycles. The Morgan fingerprint density at radius 3 is 3.08 bits per heavy atom. The predicted octanol–water partition coefficient (Wildman–Crippen LogP) is 3.02. The van der Waals surface area contributed by atoms with Crippen LogP contribution in [0.4, 0.5) is 0 Å². The van der Waals surface area contributed by atoms with E-state index in [1.54, 1.807) is 6.20 Å². The number of nitrogens with zero attached hydrogens (tertiary/aromatic N) is 1. The van der Waals surface area contributed by atoms with Gasteiger partial charge in [-0.1, -0.05) is 11.6 Å². The van der Waals surface area contributed by atoms with E-state index in [2.05, 4.69) is 20.9 Å². The Balaban J connectivity index is 2.64. The summed E-state index contributed by atoms with van der Waals surface area (Å²) in [5, 5.41) is 0.522. The highest BCUT2D eigenvalue weighted by molar-refractivity contribution is 9.10. The Hall–Kier alpha value is -0.410. The van der Waals surface area contributed by atoms with Crippen molar-refractivity contribution in [3.63, 3.8) is 0 Å². The molecule has 1 aromatic heterocycles. The van der Waals surface area contributed by atoms with Gasteiger partial charge in [-0.05, 0) is 40.4 Å². The number of carbonyl (C=O) groups excluding carboxylic acids is 1. The summed E-state index contributed by atoms with van der Waals surface area (Å²) >= 11 is 9.17. The molecular formula is C9H9BrClNO. The van der Waals surface area contributed by atoms with Gasteiger partial charge >= 0.3 is 0 Å². The summed E-state index contributed by atoms with van der Waals surface area (Å²) in [5.74, 6) is 0. The van der Waals surface area contributed by atoms with Gasteiger partial charge in [-0.3, -0.25) is 0 Å². The van der Waals surface area contributed by atoms with Crippen LogP contribution in [0.5, 0.6) is 0 Å². The molecule has 2 nitrogen and oxygen atoms in total. The minimum Gasteiger partial charge on any atom is -0.303 e. The number of hydrogen-bond donors (Lipinski definition) is 0. The highest BCUT2D eigenvalue weighted by Crippen LogP contribution is 2.19. The van der Waals surface area contributed by atoms with Crippen LogP contribution in [0.15, 0.2) is 16.7 Å². The van der Waals surface area contributed by atoms with Crippen molar-refractivity contribution in [2.24, 2.45) is 0 Å². The molecule has 0 N–H and O–H groups in total. The first-order chi connectivity index (χ1) is 6.24. The van der Waals surface area contributed by atoms with Gasteiger partial charge in [-0.2, -0.15) is 0 Å². The van der Waals surface area contributed by atoms with Crippen molar-refractivity contribution in [2.45, 2.75) is 19.3 Å². The topological polar surface area (TPSA) is 30.0 Å². The minimum atomic E-state index is 0.522. The molecule has 0 spiro atoms. The van der Waals surface area contributed by atoms with Gasteiger partial charge in [0.15, 0.2) is 0 Å². The molecule has 0 unspecified atom stereocenters. The van der Waals surface area contributed by atoms with E-state index in [1.807, 2.05) is 6.07 Å². The highest BCUT2D eigenvalue weighted by atomic mass is 79.9. The number of aromatic nitrogens is 1. The molecule has 1 rings (SSSR count). The first kappa shape index (κ1) is 10.7. The molecule has 0 aliphatic rings. The van der Waals surface area contributed by atoms with Crippen LogP contribution in [0.25, 0.3) is 0 Å². The lowest BCUT2D eigenvalue weighted by atomic mass is 10.1. The molecular weight excluding hydrogens is 253 g/mol. The lowest BCUT2D eigenvalue weighted by Gasteiger charge is -2.01. The lowest BCUT2D eigenvalue weighted by Crippen LogP contribution is -1.90. The van der Waals surface area contributed by atoms with E-state index in [1.165, 1.54) is 0 Å². The number of aryl methyl sites for hydroxylation is 1. The van der Waals surface area contributed by atoms with Gasteiger partial charge in [0.1, 0.15) is 11.4 Å². The molecule has 4 heteroatoms. The van der Waals surface area contributed by atoms with Crippen molar-refractivity contribution >= 4 is 33.8 Å². The average molecular weight is 263 g/mol. The zero-order valence-corrected chi connectivity index (χ0v) is 9.31. The molecule has 13 heavy (non-hydrogen) atoms. The summed E-state index contributed by atoms with van der Waals surface area (Å²) in [6.07, 6.45) is 4.76. The monoisotopic (exact) mass is 261 g/mol. The second-order valence-corrected chi connectivity index (χ2v) is 3.94. The zero-order chi connectivity index (χ0) is 9.68. The van der Waals surface area contributed by atoms with Crippen molar-refractivity contribution in [3.05, 3.63) is 27.5 Å². The summed E-state index contributed by atoms with van der Waals surface area (Å²) in [4.78, 5) is 14.1. The SMILES string of the molecule is O=CCCCc1cc(Br)cnc1Cl. The second kappa shape index (κ2) is 5.35. The van der Waals surface area contributed by atoms with E-state index in [9.17, 15) is 4.79 Å². The van der Waals surface area contributed by atoms with E-state index in [0.29, 0.717) is 11.6 Å². The molecule has 0 amide bonds. The predicted molar refractivity (Wildman–Crippen MR) is 55.9 cm³/mol. The Morgan fingerprint density at radius 2 is 2.38 bits per heavy atom. The van der Waals surface area contributed by atoms with Crippen molar-refractivity contribution < 1.29 is 4.79 Å². The molecule has 0 fully saturated rings. The van der Waals surface area contributed by atoms with Gasteiger partial charge in [0, 0.05) is 17.1 Å². The zero-order valence-electron chi connectivity index (χ0n) is 6.96. The molecule has 0 saturated carbocycles. The van der Waals surface area contributed by atoms with Crippen LogP contribution in [-0.4, -0.2) is 11.3 Å². The van der Waals surface area contributed by atoms with E-state index in [4.69, 9.17) is 11.6 Å². The Kier molecular flexibility index (Phi) is 4.39. The second-order valence-electron chi connectivity index (χ2n) is 2.66. The minimum absolute atomic E-state index is 0.522. The van der Waals surface area contributed by atoms with E-state index in [-0.39, 0.29) is 0 Å².